The van der Waals surface area contributed by atoms with Gasteiger partial charge in [0.25, 0.3) is 0 Å². The zero-order valence-corrected chi connectivity index (χ0v) is 8.74. The predicted octanol–water partition coefficient (Wildman–Crippen LogP) is 0.637. The summed E-state index contributed by atoms with van der Waals surface area (Å²) in [5.41, 5.74) is 0. The molecule has 14 heavy (non-hydrogen) atoms. The number of morpholine rings is 1. The minimum absolute atomic E-state index is 0.255. The number of hydrogen-bond donors (Lipinski definition) is 0. The quantitative estimate of drug-likeness (QED) is 0.608. The fraction of sp³-hybridized carbons (Fsp3) is 0.900. The molecule has 1 saturated heterocycles. The normalized spacial score (nSPS) is 23.3. The van der Waals surface area contributed by atoms with E-state index in [2.05, 4.69) is 17.9 Å². The Labute approximate surface area is 85.4 Å². The average Bonchev–Trinajstić information content (AvgIpc) is 2.25. The Bertz CT molecular complexity index is 191. The van der Waals surface area contributed by atoms with Crippen molar-refractivity contribution in [1.82, 2.24) is 4.90 Å². The highest BCUT2D eigenvalue weighted by Crippen LogP contribution is 2.03. The molecule has 0 amide bonds. The van der Waals surface area contributed by atoms with Crippen LogP contribution in [0.3, 0.4) is 0 Å². The SMILES string of the molecule is CCCOCCN1CCOC(C#N)C1. The van der Waals surface area contributed by atoms with E-state index in [4.69, 9.17) is 14.7 Å². The topological polar surface area (TPSA) is 45.5 Å². The Morgan fingerprint density at radius 3 is 3.14 bits per heavy atom. The van der Waals surface area contributed by atoms with Crippen LogP contribution in [0.15, 0.2) is 0 Å². The average molecular weight is 198 g/mol. The first-order chi connectivity index (χ1) is 6.86. The third-order valence-corrected chi connectivity index (χ3v) is 2.19. The second kappa shape index (κ2) is 6.77. The van der Waals surface area contributed by atoms with Gasteiger partial charge in [-0.2, -0.15) is 5.26 Å². The first-order valence-electron chi connectivity index (χ1n) is 5.18. The van der Waals surface area contributed by atoms with Crippen molar-refractivity contribution in [2.75, 3.05) is 39.5 Å². The van der Waals surface area contributed by atoms with Crippen molar-refractivity contribution in [1.29, 1.82) is 5.26 Å². The summed E-state index contributed by atoms with van der Waals surface area (Å²) in [5, 5.41) is 8.69. The molecule has 0 radical (unpaired) electrons. The van der Waals surface area contributed by atoms with Crippen LogP contribution in [0.5, 0.6) is 0 Å². The summed E-state index contributed by atoms with van der Waals surface area (Å²) in [7, 11) is 0. The van der Waals surface area contributed by atoms with Gasteiger partial charge in [0.2, 0.25) is 0 Å². The fourth-order valence-corrected chi connectivity index (χ4v) is 1.42. The van der Waals surface area contributed by atoms with E-state index >= 15 is 0 Å². The van der Waals surface area contributed by atoms with Crippen LogP contribution in [0.1, 0.15) is 13.3 Å². The first kappa shape index (κ1) is 11.4. The van der Waals surface area contributed by atoms with Gasteiger partial charge in [-0.3, -0.25) is 4.90 Å². The smallest absolute Gasteiger partial charge is 0.156 e. The zero-order valence-electron chi connectivity index (χ0n) is 8.74. The van der Waals surface area contributed by atoms with Crippen molar-refractivity contribution >= 4 is 0 Å². The number of nitrogens with zero attached hydrogens (tertiary/aromatic N) is 2. The highest BCUT2D eigenvalue weighted by atomic mass is 16.5. The van der Waals surface area contributed by atoms with Crippen LogP contribution in [-0.4, -0.2) is 50.5 Å². The third kappa shape index (κ3) is 4.05. The van der Waals surface area contributed by atoms with Crippen LogP contribution in [0.2, 0.25) is 0 Å². The van der Waals surface area contributed by atoms with Gasteiger partial charge in [0, 0.05) is 26.2 Å². The summed E-state index contributed by atoms with van der Waals surface area (Å²) < 4.78 is 10.6. The minimum atomic E-state index is -0.255. The van der Waals surface area contributed by atoms with Gasteiger partial charge < -0.3 is 9.47 Å². The first-order valence-corrected chi connectivity index (χ1v) is 5.18. The molecule has 1 rings (SSSR count). The highest BCUT2D eigenvalue weighted by molar-refractivity contribution is 4.89. The summed E-state index contributed by atoms with van der Waals surface area (Å²) in [5.74, 6) is 0. The Kier molecular flexibility index (Phi) is 5.53. The summed E-state index contributed by atoms with van der Waals surface area (Å²) in [6.45, 7) is 6.87. The molecule has 0 aromatic rings. The summed E-state index contributed by atoms with van der Waals surface area (Å²) in [4.78, 5) is 2.22. The molecule has 0 spiro atoms. The summed E-state index contributed by atoms with van der Waals surface area (Å²) in [6, 6.07) is 2.13. The molecule has 0 aromatic carbocycles. The van der Waals surface area contributed by atoms with E-state index < -0.39 is 0 Å². The molecule has 1 aliphatic heterocycles. The van der Waals surface area contributed by atoms with Gasteiger partial charge in [-0.25, -0.2) is 0 Å². The van der Waals surface area contributed by atoms with Gasteiger partial charge in [-0.15, -0.1) is 0 Å². The number of ether oxygens (including phenoxy) is 2. The fourth-order valence-electron chi connectivity index (χ4n) is 1.42. The molecule has 1 heterocycles. The van der Waals surface area contributed by atoms with Crippen molar-refractivity contribution in [3.8, 4) is 6.07 Å². The predicted molar refractivity (Wildman–Crippen MR) is 52.9 cm³/mol. The van der Waals surface area contributed by atoms with Gasteiger partial charge in [0.15, 0.2) is 6.10 Å². The van der Waals surface area contributed by atoms with Crippen molar-refractivity contribution in [3.05, 3.63) is 0 Å². The monoisotopic (exact) mass is 198 g/mol. The number of nitriles is 1. The second-order valence-corrected chi connectivity index (χ2v) is 3.40. The lowest BCUT2D eigenvalue weighted by Crippen LogP contribution is -2.43. The zero-order chi connectivity index (χ0) is 10.2. The number of rotatable bonds is 5. The van der Waals surface area contributed by atoms with E-state index in [9.17, 15) is 0 Å². The maximum atomic E-state index is 8.69. The van der Waals surface area contributed by atoms with Gasteiger partial charge in [0.05, 0.1) is 19.3 Å². The molecule has 0 bridgehead atoms. The van der Waals surface area contributed by atoms with Gasteiger partial charge >= 0.3 is 0 Å². The van der Waals surface area contributed by atoms with E-state index in [1.807, 2.05) is 0 Å². The van der Waals surface area contributed by atoms with Crippen LogP contribution < -0.4 is 0 Å². The van der Waals surface area contributed by atoms with Crippen molar-refractivity contribution in [2.45, 2.75) is 19.4 Å². The largest absolute Gasteiger partial charge is 0.380 e. The van der Waals surface area contributed by atoms with E-state index in [1.165, 1.54) is 0 Å². The van der Waals surface area contributed by atoms with Crippen LogP contribution >= 0.6 is 0 Å². The lowest BCUT2D eigenvalue weighted by atomic mass is 10.3. The maximum Gasteiger partial charge on any atom is 0.156 e. The van der Waals surface area contributed by atoms with E-state index in [1.54, 1.807) is 0 Å². The highest BCUT2D eigenvalue weighted by Gasteiger charge is 2.18. The molecule has 0 aromatic heterocycles. The minimum Gasteiger partial charge on any atom is -0.380 e. The summed E-state index contributed by atoms with van der Waals surface area (Å²) in [6.07, 6.45) is 0.805. The number of hydrogen-bond acceptors (Lipinski definition) is 4. The van der Waals surface area contributed by atoms with Crippen molar-refractivity contribution in [3.63, 3.8) is 0 Å². The summed E-state index contributed by atoms with van der Waals surface area (Å²) >= 11 is 0. The molecule has 1 fully saturated rings. The standard InChI is InChI=1S/C10H18N2O2/c1-2-5-13-6-3-12-4-7-14-10(8-11)9-12/h10H,2-7,9H2,1H3. The van der Waals surface area contributed by atoms with Gasteiger partial charge in [-0.1, -0.05) is 6.92 Å². The van der Waals surface area contributed by atoms with Crippen LogP contribution in [-0.2, 0) is 9.47 Å². The molecule has 4 nitrogen and oxygen atoms in total. The molecule has 80 valence electrons. The Balaban J connectivity index is 2.09. The van der Waals surface area contributed by atoms with Crippen LogP contribution in [0, 0.1) is 11.3 Å². The molecule has 1 aliphatic rings. The Morgan fingerprint density at radius 2 is 2.43 bits per heavy atom. The van der Waals surface area contributed by atoms with Crippen LogP contribution in [0.4, 0.5) is 0 Å². The van der Waals surface area contributed by atoms with Gasteiger partial charge in [-0.05, 0) is 6.42 Å². The van der Waals surface area contributed by atoms with Crippen molar-refractivity contribution in [2.24, 2.45) is 0 Å². The molecular weight excluding hydrogens is 180 g/mol. The van der Waals surface area contributed by atoms with Gasteiger partial charge in [0.1, 0.15) is 0 Å². The molecule has 0 N–H and O–H groups in total. The van der Waals surface area contributed by atoms with E-state index in [0.29, 0.717) is 13.2 Å². The molecular formula is C10H18N2O2. The van der Waals surface area contributed by atoms with E-state index in [-0.39, 0.29) is 6.10 Å². The lowest BCUT2D eigenvalue weighted by molar-refractivity contribution is -0.0104. The molecule has 0 aliphatic carbocycles. The maximum absolute atomic E-state index is 8.69. The van der Waals surface area contributed by atoms with E-state index in [0.717, 1.165) is 32.7 Å². The van der Waals surface area contributed by atoms with Crippen molar-refractivity contribution < 1.29 is 9.47 Å². The molecule has 4 heteroatoms. The molecule has 1 atom stereocenters. The molecule has 0 saturated carbocycles. The second-order valence-electron chi connectivity index (χ2n) is 3.40. The van der Waals surface area contributed by atoms with Crippen LogP contribution in [0.25, 0.3) is 0 Å². The Hall–Kier alpha value is -0.630. The molecule has 1 unspecified atom stereocenters. The lowest BCUT2D eigenvalue weighted by Gasteiger charge is -2.29. The Morgan fingerprint density at radius 1 is 1.57 bits per heavy atom. The third-order valence-electron chi connectivity index (χ3n) is 2.19.